The highest BCUT2D eigenvalue weighted by Crippen LogP contribution is 2.54. The van der Waals surface area contributed by atoms with Crippen LogP contribution in [0.4, 0.5) is 4.79 Å². The van der Waals surface area contributed by atoms with Crippen molar-refractivity contribution in [1.82, 2.24) is 34.9 Å². The summed E-state index contributed by atoms with van der Waals surface area (Å²) in [6.45, 7) is 7.56. The van der Waals surface area contributed by atoms with Crippen LogP contribution in [-0.2, 0) is 19.1 Å². The number of hydrogen-bond donors (Lipinski definition) is 0. The van der Waals surface area contributed by atoms with E-state index in [4.69, 9.17) is 32.7 Å². The summed E-state index contributed by atoms with van der Waals surface area (Å²) >= 11 is 13.1. The van der Waals surface area contributed by atoms with Crippen LogP contribution < -0.4 is 0 Å². The van der Waals surface area contributed by atoms with Gasteiger partial charge in [-0.15, -0.1) is 5.10 Å². The molecule has 0 aliphatic carbocycles. The Morgan fingerprint density at radius 2 is 1.80 bits per heavy atom. The average molecular weight is 667 g/mol. The SMILES string of the molecule is CCOC(=O)N1CCN(C(=O)[C@H]2[C@@H]3C=C[C@]4(CN([C@@H](c5ccc(Cl)cc5Cl)c5nnnn5-c5c(C)cccc5C)C(=O)[C@H]24)O3)CC1. The van der Waals surface area contributed by atoms with Crippen molar-refractivity contribution in [3.63, 3.8) is 0 Å². The molecule has 12 nitrogen and oxygen atoms in total. The second-order valence-electron chi connectivity index (χ2n) is 12.1. The summed E-state index contributed by atoms with van der Waals surface area (Å²) < 4.78 is 13.3. The first-order chi connectivity index (χ1) is 22.1. The van der Waals surface area contributed by atoms with Crippen LogP contribution in [0.3, 0.4) is 0 Å². The molecular formula is C32H33Cl2N7O5. The first-order valence-electron chi connectivity index (χ1n) is 15.3. The summed E-state index contributed by atoms with van der Waals surface area (Å²) in [5, 5.41) is 13.6. The Balaban J connectivity index is 1.24. The molecule has 14 heteroatoms. The van der Waals surface area contributed by atoms with Crippen LogP contribution in [0.2, 0.25) is 10.0 Å². The van der Waals surface area contributed by atoms with Crippen LogP contribution in [0.15, 0.2) is 48.6 Å². The van der Waals surface area contributed by atoms with Gasteiger partial charge in [-0.05, 0) is 54.5 Å². The number of amides is 3. The first-order valence-corrected chi connectivity index (χ1v) is 16.1. The minimum atomic E-state index is -0.997. The molecule has 2 bridgehead atoms. The predicted octanol–water partition coefficient (Wildman–Crippen LogP) is 3.76. The number of piperazine rings is 1. The Bertz CT molecular complexity index is 1740. The Morgan fingerprint density at radius 3 is 2.50 bits per heavy atom. The van der Waals surface area contributed by atoms with E-state index in [1.54, 1.807) is 44.5 Å². The number of rotatable bonds is 6. The Labute approximate surface area is 275 Å². The summed E-state index contributed by atoms with van der Waals surface area (Å²) in [4.78, 5) is 46.0. The molecule has 3 fully saturated rings. The normalized spacial score (nSPS) is 25.7. The summed E-state index contributed by atoms with van der Waals surface area (Å²) in [5.74, 6) is -1.49. The third-order valence-corrected chi connectivity index (χ3v) is 10.1. The van der Waals surface area contributed by atoms with Gasteiger partial charge in [0.25, 0.3) is 0 Å². The number of benzene rings is 2. The van der Waals surface area contributed by atoms with Gasteiger partial charge in [0.15, 0.2) is 5.82 Å². The monoisotopic (exact) mass is 665 g/mol. The molecule has 0 radical (unpaired) electrons. The second-order valence-corrected chi connectivity index (χ2v) is 13.0. The molecule has 5 heterocycles. The topological polar surface area (TPSA) is 123 Å². The van der Waals surface area contributed by atoms with Crippen LogP contribution in [0, 0.1) is 25.7 Å². The van der Waals surface area contributed by atoms with Gasteiger partial charge in [0.1, 0.15) is 11.6 Å². The van der Waals surface area contributed by atoms with E-state index in [1.807, 2.05) is 44.2 Å². The van der Waals surface area contributed by atoms with Crippen LogP contribution in [0.1, 0.15) is 35.5 Å². The third-order valence-electron chi connectivity index (χ3n) is 9.49. The van der Waals surface area contributed by atoms with Crippen molar-refractivity contribution in [2.45, 2.75) is 38.5 Å². The molecule has 5 atom stereocenters. The van der Waals surface area contributed by atoms with Gasteiger partial charge in [0, 0.05) is 41.8 Å². The van der Waals surface area contributed by atoms with E-state index < -0.39 is 35.7 Å². The van der Waals surface area contributed by atoms with Crippen LogP contribution in [0.25, 0.3) is 5.69 Å². The maximum atomic E-state index is 14.7. The lowest BCUT2D eigenvalue weighted by Crippen LogP contribution is -2.54. The second kappa shape index (κ2) is 11.7. The number of aryl methyl sites for hydroxylation is 2. The highest BCUT2D eigenvalue weighted by atomic mass is 35.5. The van der Waals surface area contributed by atoms with Crippen molar-refractivity contribution in [3.8, 4) is 5.69 Å². The maximum Gasteiger partial charge on any atom is 0.409 e. The van der Waals surface area contributed by atoms with Crippen molar-refractivity contribution < 1.29 is 23.9 Å². The van der Waals surface area contributed by atoms with Gasteiger partial charge in [0.2, 0.25) is 11.8 Å². The fourth-order valence-corrected chi connectivity index (χ4v) is 7.91. The molecule has 1 spiro atoms. The molecular weight excluding hydrogens is 633 g/mol. The molecule has 4 aliphatic heterocycles. The number of tetrazole rings is 1. The number of aromatic nitrogens is 4. The quantitative estimate of drug-likeness (QED) is 0.365. The van der Waals surface area contributed by atoms with Crippen molar-refractivity contribution in [3.05, 3.63) is 81.1 Å². The van der Waals surface area contributed by atoms with E-state index in [2.05, 4.69) is 15.5 Å². The van der Waals surface area contributed by atoms with E-state index in [1.165, 1.54) is 0 Å². The summed E-state index contributed by atoms with van der Waals surface area (Å²) in [7, 11) is 0. The zero-order valence-electron chi connectivity index (χ0n) is 25.6. The number of ether oxygens (including phenoxy) is 2. The number of nitrogens with zero attached hydrogens (tertiary/aromatic N) is 7. The molecule has 46 heavy (non-hydrogen) atoms. The minimum absolute atomic E-state index is 0.165. The lowest BCUT2D eigenvalue weighted by atomic mass is 9.76. The lowest BCUT2D eigenvalue weighted by molar-refractivity contribution is -0.144. The van der Waals surface area contributed by atoms with Gasteiger partial charge in [-0.25, -0.2) is 4.79 Å². The maximum absolute atomic E-state index is 14.7. The number of hydrogen-bond acceptors (Lipinski definition) is 8. The molecule has 3 aromatic rings. The van der Waals surface area contributed by atoms with Gasteiger partial charge in [-0.3, -0.25) is 9.59 Å². The molecule has 2 aromatic carbocycles. The van der Waals surface area contributed by atoms with E-state index >= 15 is 0 Å². The Hall–Kier alpha value is -4.00. The third kappa shape index (κ3) is 4.85. The van der Waals surface area contributed by atoms with Crippen LogP contribution >= 0.6 is 23.2 Å². The summed E-state index contributed by atoms with van der Waals surface area (Å²) in [5.41, 5.74) is 2.31. The summed E-state index contributed by atoms with van der Waals surface area (Å²) in [6.07, 6.45) is 2.88. The number of para-hydroxylation sites is 1. The molecule has 240 valence electrons. The largest absolute Gasteiger partial charge is 0.450 e. The molecule has 0 N–H and O–H groups in total. The number of halogens is 2. The average Bonchev–Trinajstić information content (AvgIpc) is 3.80. The van der Waals surface area contributed by atoms with Crippen molar-refractivity contribution >= 4 is 41.1 Å². The van der Waals surface area contributed by atoms with Gasteiger partial charge in [-0.1, -0.05) is 59.6 Å². The van der Waals surface area contributed by atoms with Gasteiger partial charge in [-0.2, -0.15) is 4.68 Å². The summed E-state index contributed by atoms with van der Waals surface area (Å²) in [6, 6.07) is 10.2. The molecule has 0 unspecified atom stereocenters. The number of carbonyl (C=O) groups is 3. The standard InChI is InChI=1S/C32H33Cl2N7O5/c1-4-45-31(44)39-14-12-38(13-15-39)29(42)24-23-10-11-32(46-23)17-40(30(43)25(24)32)27(21-9-8-20(33)16-22(21)34)28-35-36-37-41(28)26-18(2)6-5-7-19(26)3/h5-11,16,23-25,27H,4,12-15,17H2,1-3H3/t23-,24-,25-,27-,32+/m0/s1. The van der Waals surface area contributed by atoms with E-state index in [0.717, 1.165) is 16.8 Å². The van der Waals surface area contributed by atoms with Gasteiger partial charge < -0.3 is 24.2 Å². The van der Waals surface area contributed by atoms with Crippen molar-refractivity contribution in [1.29, 1.82) is 0 Å². The fourth-order valence-electron chi connectivity index (χ4n) is 7.40. The fraction of sp³-hybridized carbons (Fsp3) is 0.438. The lowest BCUT2D eigenvalue weighted by Gasteiger charge is -2.37. The molecule has 3 amide bonds. The van der Waals surface area contributed by atoms with Crippen LogP contribution in [0.5, 0.6) is 0 Å². The van der Waals surface area contributed by atoms with Gasteiger partial charge >= 0.3 is 6.09 Å². The van der Waals surface area contributed by atoms with Crippen LogP contribution in [-0.4, -0.2) is 104 Å². The van der Waals surface area contributed by atoms with Crippen molar-refractivity contribution in [2.75, 3.05) is 39.3 Å². The van der Waals surface area contributed by atoms with Crippen molar-refractivity contribution in [2.24, 2.45) is 11.8 Å². The smallest absolute Gasteiger partial charge is 0.409 e. The molecule has 1 aromatic heterocycles. The zero-order valence-corrected chi connectivity index (χ0v) is 27.1. The highest BCUT2D eigenvalue weighted by molar-refractivity contribution is 6.35. The number of likely N-dealkylation sites (tertiary alicyclic amines) is 1. The molecule has 7 rings (SSSR count). The number of carbonyl (C=O) groups excluding carboxylic acids is 3. The molecule has 3 saturated heterocycles. The highest BCUT2D eigenvalue weighted by Gasteiger charge is 2.68. The van der Waals surface area contributed by atoms with E-state index in [9.17, 15) is 14.4 Å². The Morgan fingerprint density at radius 1 is 1.09 bits per heavy atom. The van der Waals surface area contributed by atoms with E-state index in [0.29, 0.717) is 47.6 Å². The minimum Gasteiger partial charge on any atom is -0.450 e. The van der Waals surface area contributed by atoms with Gasteiger partial charge in [0.05, 0.1) is 36.8 Å². The zero-order chi connectivity index (χ0) is 32.3. The Kier molecular flexibility index (Phi) is 7.77. The molecule has 4 aliphatic rings. The predicted molar refractivity (Wildman–Crippen MR) is 168 cm³/mol. The molecule has 0 saturated carbocycles. The van der Waals surface area contributed by atoms with E-state index in [-0.39, 0.29) is 25.0 Å². The first kappa shape index (κ1) is 30.6. The number of fused-ring (bicyclic) bond motifs is 1.